The number of imidazole rings is 1. The van der Waals surface area contributed by atoms with Crippen LogP contribution in [0.25, 0.3) is 5.57 Å². The van der Waals surface area contributed by atoms with Crippen LogP contribution in [-0.2, 0) is 22.4 Å². The minimum absolute atomic E-state index is 0.0506. The van der Waals surface area contributed by atoms with Crippen molar-refractivity contribution in [1.82, 2.24) is 9.97 Å². The first-order chi connectivity index (χ1) is 17.9. The zero-order valence-corrected chi connectivity index (χ0v) is 20.6. The minimum Gasteiger partial charge on any atom is -0.497 e. The van der Waals surface area contributed by atoms with Gasteiger partial charge in [-0.05, 0) is 36.2 Å². The Morgan fingerprint density at radius 2 is 1.92 bits per heavy atom. The van der Waals surface area contributed by atoms with Gasteiger partial charge in [0.05, 0.1) is 24.6 Å². The second-order valence-corrected chi connectivity index (χ2v) is 8.41. The number of hydrogen-bond donors (Lipinski definition) is 3. The molecule has 1 aliphatic heterocycles. The Labute approximate surface area is 213 Å². The molecule has 0 radical (unpaired) electrons. The summed E-state index contributed by atoms with van der Waals surface area (Å²) in [6.07, 6.45) is 4.25. The van der Waals surface area contributed by atoms with Crippen LogP contribution in [0.15, 0.2) is 48.2 Å². The highest BCUT2D eigenvalue weighted by Crippen LogP contribution is 2.38. The molecule has 2 aromatic carbocycles. The lowest BCUT2D eigenvalue weighted by atomic mass is 9.92. The van der Waals surface area contributed by atoms with Crippen LogP contribution in [0, 0.1) is 0 Å². The summed E-state index contributed by atoms with van der Waals surface area (Å²) >= 11 is 0. The predicted molar refractivity (Wildman–Crippen MR) is 133 cm³/mol. The fourth-order valence-electron chi connectivity index (χ4n) is 4.05. The van der Waals surface area contributed by atoms with E-state index in [1.807, 2.05) is 0 Å². The van der Waals surface area contributed by atoms with Crippen LogP contribution in [0.1, 0.15) is 42.4 Å². The first kappa shape index (κ1) is 25.6. The van der Waals surface area contributed by atoms with Crippen molar-refractivity contribution in [2.45, 2.75) is 32.6 Å². The molecule has 37 heavy (non-hydrogen) atoms. The Morgan fingerprint density at radius 1 is 1.11 bits per heavy atom. The molecule has 194 valence electrons. The van der Waals surface area contributed by atoms with Crippen LogP contribution in [0.3, 0.4) is 0 Å². The van der Waals surface area contributed by atoms with Gasteiger partial charge < -0.3 is 34.1 Å². The van der Waals surface area contributed by atoms with Crippen molar-refractivity contribution < 1.29 is 38.7 Å². The third kappa shape index (κ3) is 6.03. The van der Waals surface area contributed by atoms with E-state index in [4.69, 9.17) is 18.9 Å². The number of unbranched alkanes of at least 4 members (excludes halogenated alkanes) is 1. The van der Waals surface area contributed by atoms with E-state index in [0.29, 0.717) is 46.1 Å². The maximum atomic E-state index is 12.7. The maximum Gasteiger partial charge on any atom is 0.341 e. The number of methoxy groups -OCH3 is 1. The molecule has 10 nitrogen and oxygen atoms in total. The SMILES string of the molecule is CCCCc1ncc(/C(=C(\Cc2ccc3c(c2)OCO3)C(=O)O)c2ccc(OC)cc2OCC(=O)O)[nH]1. The number of nitrogens with zero attached hydrogens (tertiary/aromatic N) is 1. The highest BCUT2D eigenvalue weighted by molar-refractivity contribution is 6.01. The molecule has 0 unspecified atom stereocenters. The van der Waals surface area contributed by atoms with Crippen LogP contribution >= 0.6 is 0 Å². The average molecular weight is 509 g/mol. The molecule has 0 spiro atoms. The highest BCUT2D eigenvalue weighted by Gasteiger charge is 2.25. The fraction of sp³-hybridized carbons (Fsp3) is 0.296. The van der Waals surface area contributed by atoms with E-state index >= 15 is 0 Å². The number of benzene rings is 2. The molecule has 4 rings (SSSR count). The second kappa shape index (κ2) is 11.5. The summed E-state index contributed by atoms with van der Waals surface area (Å²) < 4.78 is 21.7. The van der Waals surface area contributed by atoms with Gasteiger partial charge >= 0.3 is 11.9 Å². The van der Waals surface area contributed by atoms with E-state index in [2.05, 4.69) is 16.9 Å². The van der Waals surface area contributed by atoms with E-state index in [-0.39, 0.29) is 24.5 Å². The topological polar surface area (TPSA) is 140 Å². The van der Waals surface area contributed by atoms with E-state index < -0.39 is 18.5 Å². The number of ether oxygens (including phenoxy) is 4. The van der Waals surface area contributed by atoms with Gasteiger partial charge in [0.1, 0.15) is 17.3 Å². The van der Waals surface area contributed by atoms with Crippen molar-refractivity contribution in [2.24, 2.45) is 0 Å². The normalized spacial score (nSPS) is 12.7. The summed E-state index contributed by atoms with van der Waals surface area (Å²) in [5, 5.41) is 19.6. The molecule has 3 N–H and O–H groups in total. The predicted octanol–water partition coefficient (Wildman–Crippen LogP) is 4.08. The minimum atomic E-state index is -1.17. The van der Waals surface area contributed by atoms with Crippen LogP contribution in [0.2, 0.25) is 0 Å². The monoisotopic (exact) mass is 508 g/mol. The molecule has 0 fully saturated rings. The molecule has 10 heteroatoms. The van der Waals surface area contributed by atoms with E-state index in [1.165, 1.54) is 13.2 Å². The van der Waals surface area contributed by atoms with Crippen LogP contribution in [0.5, 0.6) is 23.0 Å². The maximum absolute atomic E-state index is 12.7. The molecule has 1 aliphatic rings. The lowest BCUT2D eigenvalue weighted by Crippen LogP contribution is -2.13. The van der Waals surface area contributed by atoms with Crippen molar-refractivity contribution in [3.05, 3.63) is 70.8 Å². The summed E-state index contributed by atoms with van der Waals surface area (Å²) in [6, 6.07) is 10.1. The van der Waals surface area contributed by atoms with Gasteiger partial charge in [0.25, 0.3) is 0 Å². The summed E-state index contributed by atoms with van der Waals surface area (Å²) in [7, 11) is 1.48. The van der Waals surface area contributed by atoms with Crippen molar-refractivity contribution in [2.75, 3.05) is 20.5 Å². The van der Waals surface area contributed by atoms with Crippen LogP contribution in [0.4, 0.5) is 0 Å². The van der Waals surface area contributed by atoms with Gasteiger partial charge in [-0.3, -0.25) is 0 Å². The summed E-state index contributed by atoms with van der Waals surface area (Å²) in [6.45, 7) is 1.58. The standard InChI is InChI=1S/C27H28N2O8/c1-3-4-5-24-28-13-20(29-24)26(18-8-7-17(34-2)12-22(18)35-14-25(30)31)19(27(32)33)10-16-6-9-21-23(11-16)37-15-36-21/h6-9,11-13H,3-5,10,14-15H2,1-2H3,(H,28,29)(H,30,31)(H,32,33)/b26-19+. The number of aryl methyl sites for hydroxylation is 1. The van der Waals surface area contributed by atoms with E-state index in [0.717, 1.165) is 18.7 Å². The smallest absolute Gasteiger partial charge is 0.341 e. The number of nitrogens with one attached hydrogen (secondary N) is 1. The Bertz CT molecular complexity index is 1330. The first-order valence-electron chi connectivity index (χ1n) is 11.8. The Morgan fingerprint density at radius 3 is 2.65 bits per heavy atom. The number of H-pyrrole nitrogens is 1. The number of hydrogen-bond acceptors (Lipinski definition) is 7. The van der Waals surface area contributed by atoms with Gasteiger partial charge in [-0.15, -0.1) is 0 Å². The molecule has 0 saturated carbocycles. The van der Waals surface area contributed by atoms with Gasteiger partial charge in [0.15, 0.2) is 18.1 Å². The van der Waals surface area contributed by atoms with Crippen LogP contribution < -0.4 is 18.9 Å². The highest BCUT2D eigenvalue weighted by atomic mass is 16.7. The second-order valence-electron chi connectivity index (χ2n) is 8.41. The van der Waals surface area contributed by atoms with Crippen molar-refractivity contribution in [3.63, 3.8) is 0 Å². The van der Waals surface area contributed by atoms with Gasteiger partial charge in [0.2, 0.25) is 6.79 Å². The van der Waals surface area contributed by atoms with E-state index in [9.17, 15) is 19.8 Å². The van der Waals surface area contributed by atoms with Crippen molar-refractivity contribution in [3.8, 4) is 23.0 Å². The number of aliphatic carboxylic acids is 2. The van der Waals surface area contributed by atoms with Crippen LogP contribution in [-0.4, -0.2) is 52.6 Å². The molecule has 1 aromatic heterocycles. The number of aromatic nitrogens is 2. The number of carboxylic acids is 2. The molecule has 0 bridgehead atoms. The Hall–Kier alpha value is -4.47. The molecule has 3 aromatic rings. The molecular weight excluding hydrogens is 480 g/mol. The number of aromatic amines is 1. The lowest BCUT2D eigenvalue weighted by molar-refractivity contribution is -0.139. The van der Waals surface area contributed by atoms with Gasteiger partial charge in [-0.25, -0.2) is 14.6 Å². The average Bonchev–Trinajstić information content (AvgIpc) is 3.55. The lowest BCUT2D eigenvalue weighted by Gasteiger charge is -2.17. The summed E-state index contributed by atoms with van der Waals surface area (Å²) in [5.74, 6) is 0.165. The third-order valence-corrected chi connectivity index (χ3v) is 5.85. The fourth-order valence-corrected chi connectivity index (χ4v) is 4.05. The molecule has 0 amide bonds. The summed E-state index contributed by atoms with van der Waals surface area (Å²) in [4.78, 5) is 31.7. The zero-order chi connectivity index (χ0) is 26.4. The Kier molecular flexibility index (Phi) is 7.97. The van der Waals surface area contributed by atoms with Crippen molar-refractivity contribution >= 4 is 17.5 Å². The van der Waals surface area contributed by atoms with Crippen molar-refractivity contribution in [1.29, 1.82) is 0 Å². The first-order valence-corrected chi connectivity index (χ1v) is 11.8. The summed E-state index contributed by atoms with van der Waals surface area (Å²) in [5.41, 5.74) is 1.98. The quantitative estimate of drug-likeness (QED) is 0.309. The zero-order valence-electron chi connectivity index (χ0n) is 20.6. The van der Waals surface area contributed by atoms with E-state index in [1.54, 1.807) is 36.5 Å². The number of fused-ring (bicyclic) bond motifs is 1. The number of carboxylic acid groups (broad SMARTS) is 2. The molecule has 0 aliphatic carbocycles. The van der Waals surface area contributed by atoms with Gasteiger partial charge in [0, 0.05) is 30.0 Å². The van der Waals surface area contributed by atoms with Gasteiger partial charge in [-0.1, -0.05) is 19.4 Å². The molecule has 0 atom stereocenters. The molecular formula is C27H28N2O8. The third-order valence-electron chi connectivity index (χ3n) is 5.85. The van der Waals surface area contributed by atoms with Gasteiger partial charge in [-0.2, -0.15) is 0 Å². The molecule has 0 saturated heterocycles. The Balaban J connectivity index is 1.88. The largest absolute Gasteiger partial charge is 0.497 e. The molecule has 2 heterocycles. The number of rotatable bonds is 12. The number of carbonyl (C=O) groups is 2.